The summed E-state index contributed by atoms with van der Waals surface area (Å²) in [5.74, 6) is -0.417. The largest absolute Gasteiger partial charge is 0.423 e. The number of amides is 1. The van der Waals surface area contributed by atoms with E-state index in [0.29, 0.717) is 17.0 Å². The van der Waals surface area contributed by atoms with E-state index in [-0.39, 0.29) is 10.5 Å². The number of hydrogen-bond acceptors (Lipinski definition) is 5. The second-order valence-corrected chi connectivity index (χ2v) is 9.22. The fraction of sp³-hybridized carbons (Fsp3) is 0.0833. The van der Waals surface area contributed by atoms with Crippen molar-refractivity contribution in [3.8, 4) is 0 Å². The van der Waals surface area contributed by atoms with Gasteiger partial charge in [0.15, 0.2) is 0 Å². The fourth-order valence-corrected chi connectivity index (χ4v) is 4.51. The number of nitrogens with one attached hydrogen (secondary N) is 1. The Bertz CT molecular complexity index is 1460. The Kier molecular flexibility index (Phi) is 5.54. The van der Waals surface area contributed by atoms with Gasteiger partial charge >= 0.3 is 5.63 Å². The maximum atomic E-state index is 12.9. The van der Waals surface area contributed by atoms with Crippen LogP contribution in [-0.4, -0.2) is 21.4 Å². The molecule has 4 rings (SSSR count). The van der Waals surface area contributed by atoms with Crippen LogP contribution in [0.4, 0.5) is 11.4 Å². The van der Waals surface area contributed by atoms with Crippen molar-refractivity contribution in [1.29, 1.82) is 0 Å². The van der Waals surface area contributed by atoms with Crippen molar-refractivity contribution < 1.29 is 17.6 Å². The summed E-state index contributed by atoms with van der Waals surface area (Å²) in [6.07, 6.45) is 0. The first-order valence-electron chi connectivity index (χ1n) is 9.75. The van der Waals surface area contributed by atoms with Crippen LogP contribution in [0, 0.1) is 6.92 Å². The van der Waals surface area contributed by atoms with E-state index < -0.39 is 21.6 Å². The fourth-order valence-electron chi connectivity index (χ4n) is 3.32. The van der Waals surface area contributed by atoms with Crippen molar-refractivity contribution in [2.24, 2.45) is 0 Å². The van der Waals surface area contributed by atoms with E-state index in [4.69, 9.17) is 4.42 Å². The van der Waals surface area contributed by atoms with Gasteiger partial charge in [-0.25, -0.2) is 13.2 Å². The highest BCUT2D eigenvalue weighted by Gasteiger charge is 2.21. The summed E-state index contributed by atoms with van der Waals surface area (Å²) < 4.78 is 32.1. The van der Waals surface area contributed by atoms with Crippen molar-refractivity contribution in [2.45, 2.75) is 11.8 Å². The topological polar surface area (TPSA) is 96.7 Å². The van der Waals surface area contributed by atoms with Crippen molar-refractivity contribution in [3.63, 3.8) is 0 Å². The number of carbonyl (C=O) groups excluding carboxylic acids is 1. The zero-order chi connectivity index (χ0) is 22.9. The molecule has 1 N–H and O–H groups in total. The zero-order valence-electron chi connectivity index (χ0n) is 17.4. The van der Waals surface area contributed by atoms with E-state index in [1.807, 2.05) is 13.0 Å². The molecule has 0 radical (unpaired) electrons. The van der Waals surface area contributed by atoms with Crippen molar-refractivity contribution in [1.82, 2.24) is 0 Å². The third-order valence-corrected chi connectivity index (χ3v) is 6.90. The minimum Gasteiger partial charge on any atom is -0.423 e. The number of aryl methyl sites for hydroxylation is 1. The Morgan fingerprint density at radius 2 is 1.62 bits per heavy atom. The molecule has 0 aliphatic rings. The van der Waals surface area contributed by atoms with Crippen LogP contribution in [0.2, 0.25) is 0 Å². The minimum atomic E-state index is -3.77. The highest BCUT2D eigenvalue weighted by molar-refractivity contribution is 7.92. The first-order chi connectivity index (χ1) is 15.3. The lowest BCUT2D eigenvalue weighted by Gasteiger charge is -2.19. The van der Waals surface area contributed by atoms with Gasteiger partial charge in [0.2, 0.25) is 0 Å². The highest BCUT2D eigenvalue weighted by Crippen LogP contribution is 2.23. The van der Waals surface area contributed by atoms with Crippen molar-refractivity contribution in [3.05, 3.63) is 100 Å². The third-order valence-electron chi connectivity index (χ3n) is 5.10. The number of fused-ring (bicyclic) bond motifs is 1. The third kappa shape index (κ3) is 4.13. The molecule has 0 spiro atoms. The van der Waals surface area contributed by atoms with Gasteiger partial charge in [0.25, 0.3) is 15.9 Å². The molecule has 1 aromatic heterocycles. The quantitative estimate of drug-likeness (QED) is 0.462. The number of carbonyl (C=O) groups is 1. The number of rotatable bonds is 5. The summed E-state index contributed by atoms with van der Waals surface area (Å²) in [6.45, 7) is 1.81. The molecule has 0 fully saturated rings. The molecular weight excluding hydrogens is 428 g/mol. The van der Waals surface area contributed by atoms with Crippen LogP contribution in [0.1, 0.15) is 15.9 Å². The summed E-state index contributed by atoms with van der Waals surface area (Å²) in [6, 6.07) is 20.9. The summed E-state index contributed by atoms with van der Waals surface area (Å²) in [4.78, 5) is 24.3. The van der Waals surface area contributed by atoms with Gasteiger partial charge in [-0.3, -0.25) is 9.10 Å². The van der Waals surface area contributed by atoms with E-state index >= 15 is 0 Å². The molecule has 7 nitrogen and oxygen atoms in total. The molecule has 1 heterocycles. The van der Waals surface area contributed by atoms with Gasteiger partial charge in [-0.15, -0.1) is 0 Å². The van der Waals surface area contributed by atoms with Gasteiger partial charge in [-0.05, 0) is 61.0 Å². The lowest BCUT2D eigenvalue weighted by atomic mass is 10.1. The van der Waals surface area contributed by atoms with E-state index in [1.165, 1.54) is 41.7 Å². The monoisotopic (exact) mass is 448 g/mol. The van der Waals surface area contributed by atoms with Gasteiger partial charge in [-0.1, -0.05) is 18.2 Å². The number of hydrogen-bond donors (Lipinski definition) is 1. The lowest BCUT2D eigenvalue weighted by Crippen LogP contribution is -2.26. The van der Waals surface area contributed by atoms with Gasteiger partial charge in [0.1, 0.15) is 5.58 Å². The molecule has 162 valence electrons. The van der Waals surface area contributed by atoms with E-state index in [2.05, 4.69) is 5.32 Å². The van der Waals surface area contributed by atoms with E-state index in [0.717, 1.165) is 10.9 Å². The first kappa shape index (κ1) is 21.3. The Balaban J connectivity index is 1.55. The molecule has 3 aromatic carbocycles. The van der Waals surface area contributed by atoms with Crippen LogP contribution in [-0.2, 0) is 10.0 Å². The molecule has 8 heteroatoms. The number of anilines is 2. The Morgan fingerprint density at radius 3 is 2.31 bits per heavy atom. The maximum Gasteiger partial charge on any atom is 0.336 e. The zero-order valence-corrected chi connectivity index (χ0v) is 18.2. The Labute approximate surface area is 185 Å². The van der Waals surface area contributed by atoms with Crippen LogP contribution >= 0.6 is 0 Å². The number of benzene rings is 3. The predicted molar refractivity (Wildman–Crippen MR) is 124 cm³/mol. The average molecular weight is 449 g/mol. The van der Waals surface area contributed by atoms with Gasteiger partial charge in [0.05, 0.1) is 10.6 Å². The SMILES string of the molecule is Cc1cc(=O)oc2cc(NC(=O)c3ccc(S(=O)(=O)N(C)c4ccccc4)cc3)ccc12. The molecular formula is C24H20N2O5S. The van der Waals surface area contributed by atoms with Crippen LogP contribution in [0.25, 0.3) is 11.0 Å². The van der Waals surface area contributed by atoms with Crippen LogP contribution in [0.3, 0.4) is 0 Å². The van der Waals surface area contributed by atoms with Crippen molar-refractivity contribution >= 4 is 38.3 Å². The van der Waals surface area contributed by atoms with Crippen LogP contribution < -0.4 is 15.2 Å². The van der Waals surface area contributed by atoms with Gasteiger partial charge in [0, 0.05) is 35.8 Å². The summed E-state index contributed by atoms with van der Waals surface area (Å²) in [7, 11) is -2.29. The summed E-state index contributed by atoms with van der Waals surface area (Å²) in [5.41, 5.74) is 1.97. The average Bonchev–Trinajstić information content (AvgIpc) is 2.78. The molecule has 0 aliphatic heterocycles. The Hall–Kier alpha value is -3.91. The van der Waals surface area contributed by atoms with E-state index in [1.54, 1.807) is 42.5 Å². The summed E-state index contributed by atoms with van der Waals surface area (Å²) >= 11 is 0. The summed E-state index contributed by atoms with van der Waals surface area (Å²) in [5, 5.41) is 3.51. The standard InChI is InChI=1S/C24H20N2O5S/c1-16-14-23(27)31-22-15-18(10-13-21(16)22)25-24(28)17-8-11-20(12-9-17)32(29,30)26(2)19-6-4-3-5-7-19/h3-15H,1-2H3,(H,25,28). The molecule has 0 atom stereocenters. The Morgan fingerprint density at radius 1 is 0.938 bits per heavy atom. The molecule has 0 bridgehead atoms. The molecule has 0 unspecified atom stereocenters. The molecule has 32 heavy (non-hydrogen) atoms. The first-order valence-corrected chi connectivity index (χ1v) is 11.2. The molecule has 0 aliphatic carbocycles. The molecule has 0 saturated heterocycles. The number of sulfonamides is 1. The van der Waals surface area contributed by atoms with Crippen molar-refractivity contribution in [2.75, 3.05) is 16.7 Å². The lowest BCUT2D eigenvalue weighted by molar-refractivity contribution is 0.102. The number of para-hydroxylation sites is 1. The van der Waals surface area contributed by atoms with Crippen LogP contribution in [0.15, 0.2) is 93.0 Å². The highest BCUT2D eigenvalue weighted by atomic mass is 32.2. The van der Waals surface area contributed by atoms with E-state index in [9.17, 15) is 18.0 Å². The predicted octanol–water partition coefficient (Wildman–Crippen LogP) is 4.18. The second-order valence-electron chi connectivity index (χ2n) is 7.25. The van der Waals surface area contributed by atoms with Gasteiger partial charge in [-0.2, -0.15) is 0 Å². The molecule has 1 amide bonds. The van der Waals surface area contributed by atoms with Gasteiger partial charge < -0.3 is 9.73 Å². The molecule has 4 aromatic rings. The minimum absolute atomic E-state index is 0.0726. The number of nitrogens with zero attached hydrogens (tertiary/aromatic N) is 1. The maximum absolute atomic E-state index is 12.9. The normalized spacial score (nSPS) is 11.3. The smallest absolute Gasteiger partial charge is 0.336 e. The van der Waals surface area contributed by atoms with Crippen LogP contribution in [0.5, 0.6) is 0 Å². The second kappa shape index (κ2) is 8.32. The molecule has 0 saturated carbocycles.